The number of amides is 2. The highest BCUT2D eigenvalue weighted by atomic mass is 16.7. The van der Waals surface area contributed by atoms with Gasteiger partial charge in [-0.15, -0.1) is 0 Å². The Kier molecular flexibility index (Phi) is 5.25. The van der Waals surface area contributed by atoms with E-state index in [-0.39, 0.29) is 11.6 Å². The Morgan fingerprint density at radius 2 is 1.90 bits per heavy atom. The van der Waals surface area contributed by atoms with Crippen molar-refractivity contribution in [2.75, 3.05) is 31.6 Å². The van der Waals surface area contributed by atoms with Gasteiger partial charge in [0.15, 0.2) is 5.79 Å². The van der Waals surface area contributed by atoms with E-state index in [1.165, 1.54) is 12.3 Å². The van der Waals surface area contributed by atoms with Crippen molar-refractivity contribution in [2.45, 2.75) is 18.6 Å². The number of rotatable bonds is 3. The maximum absolute atomic E-state index is 12.9. The van der Waals surface area contributed by atoms with Crippen LogP contribution in [0.4, 0.5) is 5.69 Å². The summed E-state index contributed by atoms with van der Waals surface area (Å²) >= 11 is 0. The van der Waals surface area contributed by atoms with Crippen LogP contribution >= 0.6 is 0 Å². The van der Waals surface area contributed by atoms with Crippen LogP contribution in [0.5, 0.6) is 0 Å². The first-order valence-electron chi connectivity index (χ1n) is 9.43. The quantitative estimate of drug-likeness (QED) is 0.859. The van der Waals surface area contributed by atoms with Crippen LogP contribution in [-0.4, -0.2) is 53.8 Å². The molecular weight excluding hydrogens is 372 g/mol. The smallest absolute Gasteiger partial charge is 0.274 e. The van der Waals surface area contributed by atoms with Gasteiger partial charge in [-0.2, -0.15) is 5.26 Å². The third kappa shape index (κ3) is 4.11. The summed E-state index contributed by atoms with van der Waals surface area (Å²) in [5.41, 5.74) is 1.47. The maximum Gasteiger partial charge on any atom is 0.274 e. The Morgan fingerprint density at radius 1 is 1.14 bits per heavy atom. The third-order valence-electron chi connectivity index (χ3n) is 5.12. The average Bonchev–Trinajstić information content (AvgIpc) is 3.22. The van der Waals surface area contributed by atoms with Gasteiger partial charge < -0.3 is 19.7 Å². The summed E-state index contributed by atoms with van der Waals surface area (Å²) in [6.45, 7) is 2.25. The number of likely N-dealkylation sites (tertiary alicyclic amines) is 1. The van der Waals surface area contributed by atoms with Crippen LogP contribution in [0.25, 0.3) is 0 Å². The van der Waals surface area contributed by atoms with E-state index in [1.807, 2.05) is 6.07 Å². The summed E-state index contributed by atoms with van der Waals surface area (Å²) in [5, 5.41) is 11.7. The lowest BCUT2D eigenvalue weighted by Crippen LogP contribution is -2.47. The van der Waals surface area contributed by atoms with Gasteiger partial charge in [-0.25, -0.2) is 0 Å². The summed E-state index contributed by atoms with van der Waals surface area (Å²) in [7, 11) is 0. The first-order chi connectivity index (χ1) is 14.1. The first kappa shape index (κ1) is 19.1. The van der Waals surface area contributed by atoms with Crippen LogP contribution < -0.4 is 5.32 Å². The molecule has 1 spiro atoms. The Bertz CT molecular complexity index is 969. The number of benzene rings is 1. The molecule has 3 heterocycles. The number of aromatic nitrogens is 1. The molecule has 8 heteroatoms. The van der Waals surface area contributed by atoms with E-state index >= 15 is 0 Å². The second-order valence-electron chi connectivity index (χ2n) is 6.98. The Morgan fingerprint density at radius 3 is 2.62 bits per heavy atom. The van der Waals surface area contributed by atoms with Gasteiger partial charge >= 0.3 is 0 Å². The molecule has 2 saturated heterocycles. The number of hydrogen-bond donors (Lipinski definition) is 1. The van der Waals surface area contributed by atoms with Crippen molar-refractivity contribution in [3.63, 3.8) is 0 Å². The van der Waals surface area contributed by atoms with Crippen molar-refractivity contribution in [3.8, 4) is 6.07 Å². The normalized spacial score (nSPS) is 17.7. The number of ether oxygens (including phenoxy) is 2. The zero-order valence-electron chi connectivity index (χ0n) is 15.8. The number of nitrogens with zero attached hydrogens (tertiary/aromatic N) is 3. The van der Waals surface area contributed by atoms with Gasteiger partial charge in [0.1, 0.15) is 5.69 Å². The fourth-order valence-corrected chi connectivity index (χ4v) is 3.57. The lowest BCUT2D eigenvalue weighted by Gasteiger charge is -2.37. The van der Waals surface area contributed by atoms with E-state index in [1.54, 1.807) is 35.2 Å². The molecule has 2 amide bonds. The highest BCUT2D eigenvalue weighted by Crippen LogP contribution is 2.31. The van der Waals surface area contributed by atoms with Crippen LogP contribution in [-0.2, 0) is 9.47 Å². The standard InChI is InChI=1S/C21H20N4O4/c22-14-15-2-1-3-17(12-15)24-19(26)18-13-16(4-7-23-18)20(27)25-8-5-21(6-9-25)28-10-11-29-21/h1-4,7,12-13H,5-6,8-11H2,(H,24,26). The fraction of sp³-hybridized carbons (Fsp3) is 0.333. The fourth-order valence-electron chi connectivity index (χ4n) is 3.57. The predicted octanol–water partition coefficient (Wildman–Crippen LogP) is 2.18. The minimum absolute atomic E-state index is 0.133. The number of piperidine rings is 1. The molecule has 1 N–H and O–H groups in total. The number of anilines is 1. The van der Waals surface area contributed by atoms with Crippen LogP contribution in [0, 0.1) is 11.3 Å². The number of nitrogens with one attached hydrogen (secondary N) is 1. The zero-order chi connectivity index (χ0) is 20.3. The highest BCUT2D eigenvalue weighted by Gasteiger charge is 2.40. The van der Waals surface area contributed by atoms with Crippen molar-refractivity contribution < 1.29 is 19.1 Å². The predicted molar refractivity (Wildman–Crippen MR) is 103 cm³/mol. The second kappa shape index (κ2) is 7.99. The number of hydrogen-bond acceptors (Lipinski definition) is 6. The lowest BCUT2D eigenvalue weighted by molar-refractivity contribution is -0.181. The molecule has 0 saturated carbocycles. The molecule has 2 aliphatic heterocycles. The molecule has 4 rings (SSSR count). The van der Waals surface area contributed by atoms with E-state index in [2.05, 4.69) is 10.3 Å². The molecule has 0 radical (unpaired) electrons. The van der Waals surface area contributed by atoms with Crippen molar-refractivity contribution in [1.29, 1.82) is 5.26 Å². The van der Waals surface area contributed by atoms with Gasteiger partial charge in [0.2, 0.25) is 0 Å². The second-order valence-corrected chi connectivity index (χ2v) is 6.98. The Hall–Kier alpha value is -3.28. The highest BCUT2D eigenvalue weighted by molar-refractivity contribution is 6.04. The maximum atomic E-state index is 12.9. The number of nitriles is 1. The van der Waals surface area contributed by atoms with Crippen molar-refractivity contribution in [1.82, 2.24) is 9.88 Å². The van der Waals surface area contributed by atoms with E-state index in [4.69, 9.17) is 14.7 Å². The van der Waals surface area contributed by atoms with Crippen molar-refractivity contribution in [2.24, 2.45) is 0 Å². The Balaban J connectivity index is 1.43. The summed E-state index contributed by atoms with van der Waals surface area (Å²) in [5.74, 6) is -1.14. The molecule has 1 aromatic carbocycles. The molecule has 0 unspecified atom stereocenters. The largest absolute Gasteiger partial charge is 0.347 e. The van der Waals surface area contributed by atoms with E-state index in [0.29, 0.717) is 56.0 Å². The molecule has 2 aromatic rings. The summed E-state index contributed by atoms with van der Waals surface area (Å²) in [4.78, 5) is 31.2. The molecule has 0 bridgehead atoms. The van der Waals surface area contributed by atoms with Gasteiger partial charge in [0.05, 0.1) is 24.8 Å². The molecule has 0 atom stereocenters. The summed E-state index contributed by atoms with van der Waals surface area (Å²) < 4.78 is 11.4. The molecular formula is C21H20N4O4. The average molecular weight is 392 g/mol. The first-order valence-corrected chi connectivity index (χ1v) is 9.43. The summed E-state index contributed by atoms with van der Waals surface area (Å²) in [6, 6.07) is 11.7. The van der Waals surface area contributed by atoms with Crippen LogP contribution in [0.3, 0.4) is 0 Å². The van der Waals surface area contributed by atoms with Crippen molar-refractivity contribution in [3.05, 3.63) is 59.4 Å². The molecule has 2 aliphatic rings. The number of carbonyl (C=O) groups excluding carboxylic acids is 2. The van der Waals surface area contributed by atoms with Gasteiger partial charge in [0.25, 0.3) is 11.8 Å². The van der Waals surface area contributed by atoms with Gasteiger partial charge in [0, 0.05) is 43.4 Å². The number of pyridine rings is 1. The minimum Gasteiger partial charge on any atom is -0.347 e. The molecule has 2 fully saturated rings. The lowest BCUT2D eigenvalue weighted by atomic mass is 10.0. The molecule has 148 valence electrons. The van der Waals surface area contributed by atoms with Crippen molar-refractivity contribution >= 4 is 17.5 Å². The monoisotopic (exact) mass is 392 g/mol. The molecule has 0 aliphatic carbocycles. The van der Waals surface area contributed by atoms with Crippen LogP contribution in [0.15, 0.2) is 42.6 Å². The molecule has 8 nitrogen and oxygen atoms in total. The number of carbonyl (C=O) groups is 2. The molecule has 29 heavy (non-hydrogen) atoms. The Labute approximate surface area is 168 Å². The SMILES string of the molecule is N#Cc1cccc(NC(=O)c2cc(C(=O)N3CCC4(CC3)OCCO4)ccn2)c1. The third-order valence-corrected chi connectivity index (χ3v) is 5.12. The van der Waals surface area contributed by atoms with E-state index in [0.717, 1.165) is 0 Å². The summed E-state index contributed by atoms with van der Waals surface area (Å²) in [6.07, 6.45) is 2.71. The van der Waals surface area contributed by atoms with E-state index < -0.39 is 11.7 Å². The van der Waals surface area contributed by atoms with Gasteiger partial charge in [-0.05, 0) is 30.3 Å². The van der Waals surface area contributed by atoms with Crippen LogP contribution in [0.2, 0.25) is 0 Å². The molecule has 1 aromatic heterocycles. The van der Waals surface area contributed by atoms with Crippen LogP contribution in [0.1, 0.15) is 39.3 Å². The van der Waals surface area contributed by atoms with E-state index in [9.17, 15) is 9.59 Å². The van der Waals surface area contributed by atoms with Gasteiger partial charge in [-0.3, -0.25) is 14.6 Å². The zero-order valence-corrected chi connectivity index (χ0v) is 15.8. The van der Waals surface area contributed by atoms with Gasteiger partial charge in [-0.1, -0.05) is 6.07 Å². The minimum atomic E-state index is -0.544. The topological polar surface area (TPSA) is 105 Å².